The molecule has 1 fully saturated rings. The Morgan fingerprint density at radius 1 is 1.29 bits per heavy atom. The molecule has 2 N–H and O–H groups in total. The van der Waals surface area contributed by atoms with Gasteiger partial charge in [-0.25, -0.2) is 8.42 Å². The first-order chi connectivity index (χ1) is 9.94. The fourth-order valence-electron chi connectivity index (χ4n) is 2.28. The number of hydrogen-bond acceptors (Lipinski definition) is 5. The van der Waals surface area contributed by atoms with Crippen molar-refractivity contribution in [3.05, 3.63) is 29.8 Å². The Morgan fingerprint density at radius 3 is 2.48 bits per heavy atom. The van der Waals surface area contributed by atoms with E-state index in [1.807, 2.05) is 0 Å². The Balaban J connectivity index is 1.85. The number of nitrogens with zero attached hydrogens (tertiary/aromatic N) is 1. The number of hydrogen-bond donors (Lipinski definition) is 2. The molecule has 1 aliphatic heterocycles. The van der Waals surface area contributed by atoms with Crippen LogP contribution in [0.1, 0.15) is 18.1 Å². The maximum absolute atomic E-state index is 11.1. The fraction of sp³-hybridized carbons (Fsp3) is 0.571. The highest BCUT2D eigenvalue weighted by atomic mass is 32.2. The van der Waals surface area contributed by atoms with Crippen molar-refractivity contribution < 1.29 is 18.3 Å². The Kier molecular flexibility index (Phi) is 5.58. The number of benzene rings is 1. The van der Waals surface area contributed by atoms with E-state index in [0.29, 0.717) is 12.1 Å². The van der Waals surface area contributed by atoms with Crippen LogP contribution in [0, 0.1) is 0 Å². The minimum Gasteiger partial charge on any atom is -0.388 e. The zero-order valence-electron chi connectivity index (χ0n) is 12.2. The third-order valence-corrected chi connectivity index (χ3v) is 4.03. The van der Waals surface area contributed by atoms with Crippen molar-refractivity contribution in [1.82, 2.24) is 4.90 Å². The van der Waals surface area contributed by atoms with Gasteiger partial charge in [-0.2, -0.15) is 0 Å². The van der Waals surface area contributed by atoms with Crippen LogP contribution in [0.5, 0.6) is 0 Å². The quantitative estimate of drug-likeness (QED) is 0.812. The molecule has 0 bridgehead atoms. The van der Waals surface area contributed by atoms with Crippen LogP contribution in [0.25, 0.3) is 0 Å². The lowest BCUT2D eigenvalue weighted by molar-refractivity contribution is 0.0300. The van der Waals surface area contributed by atoms with Crippen LogP contribution in [-0.2, 0) is 14.8 Å². The first-order valence-electron chi connectivity index (χ1n) is 7.00. The van der Waals surface area contributed by atoms with Crippen LogP contribution in [0.2, 0.25) is 0 Å². The van der Waals surface area contributed by atoms with Gasteiger partial charge in [-0.15, -0.1) is 0 Å². The van der Waals surface area contributed by atoms with Crippen molar-refractivity contribution in [2.24, 2.45) is 0 Å². The third-order valence-electron chi connectivity index (χ3n) is 3.42. The molecule has 1 atom stereocenters. The second-order valence-corrected chi connectivity index (χ2v) is 7.00. The van der Waals surface area contributed by atoms with Gasteiger partial charge < -0.3 is 9.84 Å². The number of sulfonamides is 1. The molecule has 1 unspecified atom stereocenters. The summed E-state index contributed by atoms with van der Waals surface area (Å²) >= 11 is 0. The topological polar surface area (TPSA) is 78.9 Å². The van der Waals surface area contributed by atoms with Gasteiger partial charge in [0.15, 0.2) is 0 Å². The highest BCUT2D eigenvalue weighted by molar-refractivity contribution is 7.92. The molecular weight excluding hydrogens is 292 g/mol. The molecule has 0 saturated carbocycles. The van der Waals surface area contributed by atoms with Gasteiger partial charge in [0.05, 0.1) is 25.6 Å². The maximum atomic E-state index is 11.1. The molecule has 0 spiro atoms. The lowest BCUT2D eigenvalue weighted by Gasteiger charge is -2.27. The summed E-state index contributed by atoms with van der Waals surface area (Å²) in [7, 11) is -3.27. The van der Waals surface area contributed by atoms with Crippen LogP contribution in [0.4, 0.5) is 5.69 Å². The molecule has 2 rings (SSSR count). The van der Waals surface area contributed by atoms with Crippen molar-refractivity contribution in [2.45, 2.75) is 12.5 Å². The lowest BCUT2D eigenvalue weighted by atomic mass is 10.1. The Morgan fingerprint density at radius 2 is 1.90 bits per heavy atom. The van der Waals surface area contributed by atoms with E-state index in [9.17, 15) is 13.5 Å². The summed E-state index contributed by atoms with van der Waals surface area (Å²) < 4.78 is 29.9. The summed E-state index contributed by atoms with van der Waals surface area (Å²) in [5, 5.41) is 10.2. The summed E-state index contributed by atoms with van der Waals surface area (Å²) in [4.78, 5) is 2.27. The molecule has 0 aliphatic carbocycles. The normalized spacial score (nSPS) is 18.4. The summed E-state index contributed by atoms with van der Waals surface area (Å²) in [6.07, 6.45) is 1.22. The molecule has 1 aromatic rings. The van der Waals surface area contributed by atoms with E-state index in [1.54, 1.807) is 24.3 Å². The first kappa shape index (κ1) is 16.2. The van der Waals surface area contributed by atoms with Crippen molar-refractivity contribution in [1.29, 1.82) is 0 Å². The molecule has 1 saturated heterocycles. The van der Waals surface area contributed by atoms with Gasteiger partial charge in [0.25, 0.3) is 0 Å². The van der Waals surface area contributed by atoms with E-state index in [2.05, 4.69) is 9.62 Å². The third kappa shape index (κ3) is 5.62. The van der Waals surface area contributed by atoms with Crippen LogP contribution in [0.3, 0.4) is 0 Å². The van der Waals surface area contributed by atoms with Crippen LogP contribution in [0.15, 0.2) is 24.3 Å². The molecule has 21 heavy (non-hydrogen) atoms. The van der Waals surface area contributed by atoms with E-state index in [0.717, 1.165) is 44.7 Å². The van der Waals surface area contributed by atoms with E-state index in [-0.39, 0.29) is 0 Å². The highest BCUT2D eigenvalue weighted by Crippen LogP contribution is 2.20. The van der Waals surface area contributed by atoms with Gasteiger partial charge in [0, 0.05) is 25.3 Å². The Hall–Kier alpha value is -1.15. The zero-order valence-corrected chi connectivity index (χ0v) is 13.0. The van der Waals surface area contributed by atoms with Gasteiger partial charge >= 0.3 is 0 Å². The number of aliphatic hydroxyl groups is 1. The molecule has 1 aliphatic rings. The van der Waals surface area contributed by atoms with Gasteiger partial charge in [0.2, 0.25) is 10.0 Å². The zero-order chi connectivity index (χ0) is 15.3. The second-order valence-electron chi connectivity index (χ2n) is 5.25. The van der Waals surface area contributed by atoms with Crippen molar-refractivity contribution >= 4 is 15.7 Å². The maximum Gasteiger partial charge on any atom is 0.229 e. The largest absolute Gasteiger partial charge is 0.388 e. The van der Waals surface area contributed by atoms with E-state index in [4.69, 9.17) is 4.74 Å². The van der Waals surface area contributed by atoms with Crippen molar-refractivity contribution in [3.63, 3.8) is 0 Å². The molecule has 7 heteroatoms. The predicted octanol–water partition coefficient (Wildman–Crippen LogP) is 0.814. The Labute approximate surface area is 125 Å². The van der Waals surface area contributed by atoms with Crippen LogP contribution < -0.4 is 4.72 Å². The molecule has 118 valence electrons. The summed E-state index contributed by atoms with van der Waals surface area (Å²) in [5.74, 6) is 0. The highest BCUT2D eigenvalue weighted by Gasteiger charge is 2.14. The first-order valence-corrected chi connectivity index (χ1v) is 8.89. The molecule has 1 heterocycles. The number of ether oxygens (including phenoxy) is 1. The number of rotatable bonds is 6. The predicted molar refractivity (Wildman–Crippen MR) is 81.7 cm³/mol. The minimum absolute atomic E-state index is 0.502. The summed E-state index contributed by atoms with van der Waals surface area (Å²) in [6.45, 7) is 4.14. The number of aliphatic hydroxyl groups excluding tert-OH is 1. The Bertz CT molecular complexity index is 539. The molecule has 6 nitrogen and oxygen atoms in total. The van der Waals surface area contributed by atoms with Crippen LogP contribution >= 0.6 is 0 Å². The van der Waals surface area contributed by atoms with Gasteiger partial charge in [-0.1, -0.05) is 12.1 Å². The SMILES string of the molecule is CS(=O)(=O)Nc1ccc(C(O)CCN2CCOCC2)cc1. The van der Waals surface area contributed by atoms with Gasteiger partial charge in [-0.05, 0) is 24.1 Å². The molecule has 0 amide bonds. The second kappa shape index (κ2) is 7.22. The van der Waals surface area contributed by atoms with Gasteiger partial charge in [-0.3, -0.25) is 9.62 Å². The van der Waals surface area contributed by atoms with Crippen LogP contribution in [-0.4, -0.2) is 57.5 Å². The average molecular weight is 314 g/mol. The minimum atomic E-state index is -3.27. The summed E-state index contributed by atoms with van der Waals surface area (Å²) in [6, 6.07) is 6.82. The van der Waals surface area contributed by atoms with E-state index >= 15 is 0 Å². The van der Waals surface area contributed by atoms with Gasteiger partial charge in [0.1, 0.15) is 0 Å². The smallest absolute Gasteiger partial charge is 0.229 e. The molecule has 0 radical (unpaired) electrons. The number of anilines is 1. The molecule has 0 aromatic heterocycles. The van der Waals surface area contributed by atoms with E-state index < -0.39 is 16.1 Å². The average Bonchev–Trinajstić information content (AvgIpc) is 2.45. The summed E-state index contributed by atoms with van der Waals surface area (Å²) in [5.41, 5.74) is 1.30. The molecular formula is C14H22N2O4S. The number of morpholine rings is 1. The fourth-order valence-corrected chi connectivity index (χ4v) is 2.85. The van der Waals surface area contributed by atoms with Crippen molar-refractivity contribution in [2.75, 3.05) is 43.8 Å². The lowest BCUT2D eigenvalue weighted by Crippen LogP contribution is -2.37. The number of nitrogens with one attached hydrogen (secondary N) is 1. The monoisotopic (exact) mass is 314 g/mol. The van der Waals surface area contributed by atoms with E-state index in [1.165, 1.54) is 0 Å². The standard InChI is InChI=1S/C14H22N2O4S/c1-21(18,19)15-13-4-2-12(3-5-13)14(17)6-7-16-8-10-20-11-9-16/h2-5,14-15,17H,6-11H2,1H3. The molecule has 1 aromatic carbocycles. The van der Waals surface area contributed by atoms with Crippen molar-refractivity contribution in [3.8, 4) is 0 Å².